The molecule has 2 aromatic heterocycles. The fourth-order valence-electron chi connectivity index (χ4n) is 3.04. The first-order valence-corrected chi connectivity index (χ1v) is 9.42. The van der Waals surface area contributed by atoms with E-state index in [4.69, 9.17) is 5.73 Å². The van der Waals surface area contributed by atoms with Gasteiger partial charge in [-0.1, -0.05) is 24.3 Å². The molecule has 0 saturated heterocycles. The number of thiophene rings is 1. The van der Waals surface area contributed by atoms with E-state index in [0.717, 1.165) is 27.4 Å². The summed E-state index contributed by atoms with van der Waals surface area (Å²) in [6.45, 7) is 1.46. The number of hydrogen-bond acceptors (Lipinski definition) is 4. The molecule has 0 aliphatic carbocycles. The van der Waals surface area contributed by atoms with Gasteiger partial charge in [-0.2, -0.15) is 0 Å². The molecule has 136 valence electrons. The molecular weight excluding hydrogens is 360 g/mol. The molecule has 3 amide bonds. The van der Waals surface area contributed by atoms with Crippen LogP contribution in [-0.2, 0) is 19.6 Å². The van der Waals surface area contributed by atoms with Crippen LogP contribution in [0.2, 0.25) is 0 Å². The average molecular weight is 378 g/mol. The van der Waals surface area contributed by atoms with Gasteiger partial charge in [-0.05, 0) is 35.2 Å². The lowest BCUT2D eigenvalue weighted by molar-refractivity contribution is 0.0951. The number of benzene rings is 1. The van der Waals surface area contributed by atoms with Gasteiger partial charge in [0, 0.05) is 22.5 Å². The molecule has 3 heterocycles. The molecule has 0 radical (unpaired) electrons. The van der Waals surface area contributed by atoms with Crippen LogP contribution in [0.15, 0.2) is 53.9 Å². The van der Waals surface area contributed by atoms with E-state index in [9.17, 15) is 9.59 Å². The fourth-order valence-corrected chi connectivity index (χ4v) is 3.69. The molecule has 0 bridgehead atoms. The minimum atomic E-state index is -0.438. The number of amides is 3. The second kappa shape index (κ2) is 7.20. The van der Waals surface area contributed by atoms with Crippen LogP contribution in [0.4, 0.5) is 4.79 Å². The minimum absolute atomic E-state index is 0.103. The third-order valence-electron chi connectivity index (χ3n) is 4.53. The van der Waals surface area contributed by atoms with Gasteiger partial charge >= 0.3 is 6.03 Å². The van der Waals surface area contributed by atoms with Crippen molar-refractivity contribution in [3.05, 3.63) is 75.6 Å². The number of nitrogens with zero attached hydrogens (tertiary/aromatic N) is 2. The summed E-state index contributed by atoms with van der Waals surface area (Å²) in [6, 6.07) is 14.8. The number of hydrogen-bond donors (Lipinski definition) is 2. The van der Waals surface area contributed by atoms with Crippen LogP contribution in [0.3, 0.4) is 0 Å². The monoisotopic (exact) mass is 378 g/mol. The predicted octanol–water partition coefficient (Wildman–Crippen LogP) is 3.13. The molecule has 7 heteroatoms. The maximum absolute atomic E-state index is 12.3. The molecule has 1 aliphatic rings. The van der Waals surface area contributed by atoms with Gasteiger partial charge in [0.15, 0.2) is 0 Å². The van der Waals surface area contributed by atoms with Gasteiger partial charge in [0.2, 0.25) is 0 Å². The molecule has 0 fully saturated rings. The molecule has 3 N–H and O–H groups in total. The van der Waals surface area contributed by atoms with Crippen molar-refractivity contribution in [2.45, 2.75) is 19.6 Å². The first kappa shape index (κ1) is 17.2. The molecule has 6 nitrogen and oxygen atoms in total. The third-order valence-corrected chi connectivity index (χ3v) is 5.40. The number of aromatic nitrogens is 1. The number of urea groups is 1. The molecule has 27 heavy (non-hydrogen) atoms. The van der Waals surface area contributed by atoms with Crippen LogP contribution in [0.25, 0.3) is 11.3 Å². The van der Waals surface area contributed by atoms with Crippen LogP contribution in [-0.4, -0.2) is 21.8 Å². The van der Waals surface area contributed by atoms with Crippen LogP contribution in [0, 0.1) is 0 Å². The van der Waals surface area contributed by atoms with Gasteiger partial charge in [-0.3, -0.25) is 9.78 Å². The summed E-state index contributed by atoms with van der Waals surface area (Å²) in [5.41, 5.74) is 9.57. The van der Waals surface area contributed by atoms with E-state index in [-0.39, 0.29) is 5.91 Å². The van der Waals surface area contributed by atoms with E-state index in [1.807, 2.05) is 41.8 Å². The summed E-state index contributed by atoms with van der Waals surface area (Å²) in [7, 11) is 0. The number of pyridine rings is 1. The standard InChI is InChI=1S/C20H18N4O2S/c21-20(26)24-11-15-7-8-17(23-18(15)12-24)13-3-5-14(6-4-13)19(25)22-10-16-2-1-9-27-16/h1-9H,10-12H2,(H2,21,26)(H,22,25). The number of nitrogens with two attached hydrogens (primary N) is 1. The quantitative estimate of drug-likeness (QED) is 0.731. The van der Waals surface area contributed by atoms with E-state index < -0.39 is 6.03 Å². The third kappa shape index (κ3) is 3.68. The Balaban J connectivity index is 1.46. The zero-order valence-corrected chi connectivity index (χ0v) is 15.3. The number of nitrogens with one attached hydrogen (secondary N) is 1. The molecule has 3 aromatic rings. The summed E-state index contributed by atoms with van der Waals surface area (Å²) >= 11 is 1.62. The van der Waals surface area contributed by atoms with Crippen LogP contribution < -0.4 is 11.1 Å². The Bertz CT molecular complexity index is 984. The summed E-state index contributed by atoms with van der Waals surface area (Å²) in [4.78, 5) is 30.9. The van der Waals surface area contributed by atoms with E-state index >= 15 is 0 Å². The Kier molecular flexibility index (Phi) is 4.60. The Hall–Kier alpha value is -3.19. The molecule has 1 aromatic carbocycles. The highest BCUT2D eigenvalue weighted by molar-refractivity contribution is 7.09. The van der Waals surface area contributed by atoms with Crippen molar-refractivity contribution >= 4 is 23.3 Å². The second-order valence-corrected chi connectivity index (χ2v) is 7.37. The molecule has 4 rings (SSSR count). The van der Waals surface area contributed by atoms with Crippen LogP contribution in [0.1, 0.15) is 26.5 Å². The number of fused-ring (bicyclic) bond motifs is 1. The number of primary amides is 1. The number of carbonyl (C=O) groups is 2. The molecule has 0 unspecified atom stereocenters. The zero-order chi connectivity index (χ0) is 18.8. The van der Waals surface area contributed by atoms with Gasteiger partial charge in [0.25, 0.3) is 5.91 Å². The highest BCUT2D eigenvalue weighted by atomic mass is 32.1. The molecule has 0 saturated carbocycles. The normalized spacial score (nSPS) is 12.7. The Labute approximate surface area is 160 Å². The van der Waals surface area contributed by atoms with Crippen molar-refractivity contribution in [3.8, 4) is 11.3 Å². The predicted molar refractivity (Wildman–Crippen MR) is 104 cm³/mol. The number of carbonyl (C=O) groups excluding carboxylic acids is 2. The van der Waals surface area contributed by atoms with Crippen LogP contribution >= 0.6 is 11.3 Å². The van der Waals surface area contributed by atoms with Crippen molar-refractivity contribution in [3.63, 3.8) is 0 Å². The summed E-state index contributed by atoms with van der Waals surface area (Å²) in [5, 5.41) is 4.91. The van der Waals surface area contributed by atoms with E-state index in [1.165, 1.54) is 0 Å². The van der Waals surface area contributed by atoms with Crippen molar-refractivity contribution in [2.24, 2.45) is 5.73 Å². The summed E-state index contributed by atoms with van der Waals surface area (Å²) < 4.78 is 0. The Morgan fingerprint density at radius 1 is 1.11 bits per heavy atom. The SMILES string of the molecule is NC(=O)N1Cc2ccc(-c3ccc(C(=O)NCc4cccs4)cc3)nc2C1. The number of rotatable bonds is 4. The van der Waals surface area contributed by atoms with Gasteiger partial charge in [-0.25, -0.2) is 4.79 Å². The molecule has 1 aliphatic heterocycles. The fraction of sp³-hybridized carbons (Fsp3) is 0.150. The van der Waals surface area contributed by atoms with Crippen molar-refractivity contribution in [2.75, 3.05) is 0 Å². The lowest BCUT2D eigenvalue weighted by Crippen LogP contribution is -2.30. The van der Waals surface area contributed by atoms with E-state index in [2.05, 4.69) is 10.3 Å². The zero-order valence-electron chi connectivity index (χ0n) is 14.5. The molecule has 0 spiro atoms. The van der Waals surface area contributed by atoms with Gasteiger partial charge in [-0.15, -0.1) is 11.3 Å². The van der Waals surface area contributed by atoms with Crippen LogP contribution in [0.5, 0.6) is 0 Å². The molecular formula is C20H18N4O2S. The minimum Gasteiger partial charge on any atom is -0.351 e. The van der Waals surface area contributed by atoms with Gasteiger partial charge in [0.1, 0.15) is 0 Å². The smallest absolute Gasteiger partial charge is 0.315 e. The van der Waals surface area contributed by atoms with Crippen molar-refractivity contribution < 1.29 is 9.59 Å². The first-order chi connectivity index (χ1) is 13.1. The highest BCUT2D eigenvalue weighted by Crippen LogP contribution is 2.25. The molecule has 0 atom stereocenters. The Morgan fingerprint density at radius 3 is 2.63 bits per heavy atom. The van der Waals surface area contributed by atoms with E-state index in [1.54, 1.807) is 28.4 Å². The van der Waals surface area contributed by atoms with Gasteiger partial charge in [0.05, 0.1) is 24.5 Å². The topological polar surface area (TPSA) is 88.3 Å². The Morgan fingerprint density at radius 2 is 1.93 bits per heavy atom. The van der Waals surface area contributed by atoms with Crippen molar-refractivity contribution in [1.82, 2.24) is 15.2 Å². The second-order valence-electron chi connectivity index (χ2n) is 6.34. The highest BCUT2D eigenvalue weighted by Gasteiger charge is 2.23. The maximum atomic E-state index is 12.3. The van der Waals surface area contributed by atoms with Crippen molar-refractivity contribution in [1.29, 1.82) is 0 Å². The first-order valence-electron chi connectivity index (χ1n) is 8.54. The van der Waals surface area contributed by atoms with E-state index in [0.29, 0.717) is 25.2 Å². The summed E-state index contributed by atoms with van der Waals surface area (Å²) in [5.74, 6) is -0.103. The summed E-state index contributed by atoms with van der Waals surface area (Å²) in [6.07, 6.45) is 0. The lowest BCUT2D eigenvalue weighted by Gasteiger charge is -2.09. The lowest BCUT2D eigenvalue weighted by atomic mass is 10.1. The average Bonchev–Trinajstić information content (AvgIpc) is 3.35. The largest absolute Gasteiger partial charge is 0.351 e. The maximum Gasteiger partial charge on any atom is 0.315 e. The van der Waals surface area contributed by atoms with Gasteiger partial charge < -0.3 is 16.0 Å².